The van der Waals surface area contributed by atoms with E-state index >= 15 is 0 Å². The van der Waals surface area contributed by atoms with Gasteiger partial charge in [-0.25, -0.2) is 0 Å². The molecule has 4 heteroatoms. The fraction of sp³-hybridized carbons (Fsp3) is 0. The monoisotopic (exact) mass is 365 g/mol. The molecule has 0 bridgehead atoms. The third kappa shape index (κ3) is 8.86. The van der Waals surface area contributed by atoms with Crippen LogP contribution in [-0.4, -0.2) is 31.3 Å². The first-order chi connectivity index (χ1) is 0. The zero-order chi connectivity index (χ0) is 0. The van der Waals surface area contributed by atoms with Crippen molar-refractivity contribution in [2.24, 2.45) is 0 Å². The first kappa shape index (κ1) is 33.6. The van der Waals surface area contributed by atoms with Gasteiger partial charge in [-0.3, -0.25) is 0 Å². The van der Waals surface area contributed by atoms with Crippen LogP contribution in [0.25, 0.3) is 0 Å². The van der Waals surface area contributed by atoms with Gasteiger partial charge in [0.1, 0.15) is 0 Å². The van der Waals surface area contributed by atoms with E-state index in [4.69, 9.17) is 0 Å². The van der Waals surface area contributed by atoms with Gasteiger partial charge in [0.2, 0.25) is 0 Å². The second kappa shape index (κ2) is 18.6. The molecule has 0 unspecified atom stereocenters. The molecule has 1 nitrogen and oxygen atoms in total. The maximum absolute atomic E-state index is 0. The summed E-state index contributed by atoms with van der Waals surface area (Å²) < 4.78 is 0. The van der Waals surface area contributed by atoms with Gasteiger partial charge in [-0.15, -0.1) is 0 Å². The quantitative estimate of drug-likeness (QED) is 0.445. The fourth-order valence-corrected chi connectivity index (χ4v) is 0. The van der Waals surface area contributed by atoms with E-state index in [9.17, 15) is 0 Å². The molecule has 0 spiro atoms. The summed E-state index contributed by atoms with van der Waals surface area (Å²) in [7, 11) is 0. The molecule has 0 amide bonds. The van der Waals surface area contributed by atoms with Crippen LogP contribution in [0.4, 0.5) is 0 Å². The molecule has 0 aliphatic carbocycles. The Balaban J connectivity index is 0. The Hall–Kier alpha value is 2.28. The minimum Gasteiger partial charge on any atom is 0 e. The predicted octanol–water partition coefficient (Wildman–Crippen LogP) is -2.01. The maximum atomic E-state index is 0. The normalized spacial score (nSPS) is 0. The molecule has 4 heavy (non-hydrogen) atoms. The molecule has 0 aliphatic rings. The van der Waals surface area contributed by atoms with Crippen molar-refractivity contribution in [1.29, 1.82) is 0 Å². The van der Waals surface area contributed by atoms with Crippen molar-refractivity contribution in [3.63, 3.8) is 0 Å². The van der Waals surface area contributed by atoms with Crippen molar-refractivity contribution in [1.82, 2.24) is 0 Å². The Kier molecular flexibility index (Phi) is 156. The molecule has 0 atom stereocenters. The Morgan fingerprint density at radius 3 is 1.00 bits per heavy atom. The van der Waals surface area contributed by atoms with E-state index in [2.05, 4.69) is 0 Å². The molecule has 0 fully saturated rings. The van der Waals surface area contributed by atoms with Gasteiger partial charge in [0, 0.05) is 44.1 Å². The topological polar surface area (TPSA) is 31.5 Å². The van der Waals surface area contributed by atoms with E-state index < -0.39 is 0 Å². The number of rotatable bonds is 0. The van der Waals surface area contributed by atoms with Crippen molar-refractivity contribution < 1.29 is 49.6 Å². The molecular weight excluding hydrogens is 360 g/mol. The Morgan fingerprint density at radius 1 is 1.00 bits per heavy atom. The van der Waals surface area contributed by atoms with Gasteiger partial charge in [0.05, 0.1) is 0 Å². The first-order valence-corrected chi connectivity index (χ1v) is 0. The van der Waals surface area contributed by atoms with Crippen molar-refractivity contribution in [3.8, 4) is 0 Å². The van der Waals surface area contributed by atoms with Gasteiger partial charge in [-0.05, 0) is 0 Å². The van der Waals surface area contributed by atoms with E-state index in [1.165, 1.54) is 0 Å². The van der Waals surface area contributed by atoms with Crippen molar-refractivity contribution in [3.05, 3.63) is 0 Å². The Labute approximate surface area is 74.4 Å². The molecule has 0 saturated carbocycles. The van der Waals surface area contributed by atoms with E-state index in [0.717, 1.165) is 0 Å². The largest absolute Gasteiger partial charge is 0 e. The number of hydrogen-bond acceptors (Lipinski definition) is 0. The minimum atomic E-state index is 0. The molecule has 0 saturated heterocycles. The van der Waals surface area contributed by atoms with Crippen LogP contribution >= 0.6 is 0 Å². The number of hydrogen-bond donors (Lipinski definition) is 0. The van der Waals surface area contributed by atoms with E-state index in [1.807, 2.05) is 0 Å². The van der Waals surface area contributed by atoms with Crippen molar-refractivity contribution in [2.45, 2.75) is 0 Å². The summed E-state index contributed by atoms with van der Waals surface area (Å²) in [4.78, 5) is 0. The summed E-state index contributed by atoms with van der Waals surface area (Å²) in [6, 6.07) is 0. The van der Waals surface area contributed by atoms with E-state index in [0.29, 0.717) is 0 Å². The van der Waals surface area contributed by atoms with Gasteiger partial charge in [0.25, 0.3) is 0 Å². The second-order valence-electron chi connectivity index (χ2n) is 0. The minimum absolute atomic E-state index is 0. The molecule has 0 aromatic rings. The average Bonchev–Trinajstić information content (AvgIpc) is 0. The molecule has 0 aromatic carbocycles. The fourth-order valence-electron chi connectivity index (χ4n) is 0. The van der Waals surface area contributed by atoms with Gasteiger partial charge in [0.15, 0.2) is 0 Å². The summed E-state index contributed by atoms with van der Waals surface area (Å²) in [5, 5.41) is 0. The van der Waals surface area contributed by atoms with E-state index in [1.54, 1.807) is 0 Å². The maximum Gasteiger partial charge on any atom is 0 e. The van der Waals surface area contributed by atoms with Crippen molar-refractivity contribution >= 4 is 25.8 Å². The summed E-state index contributed by atoms with van der Waals surface area (Å²) in [5.74, 6) is 0. The van der Waals surface area contributed by atoms with Crippen LogP contribution < -0.4 is 0 Å². The first-order valence-electron chi connectivity index (χ1n) is 0. The SMILES string of the molecule is O.[InH3].[Ta].[Ti]. The summed E-state index contributed by atoms with van der Waals surface area (Å²) in [5.41, 5.74) is 0. The molecule has 1 radical (unpaired) electrons. The zero-order valence-corrected chi connectivity index (χ0v) is 6.22. The standard InChI is InChI=1S/In.H2O.Ta.Ti.3H/h;1H2;;;;;. The van der Waals surface area contributed by atoms with Crippen LogP contribution in [0.1, 0.15) is 0 Å². The van der Waals surface area contributed by atoms with Crippen LogP contribution in [0, 0.1) is 0 Å². The summed E-state index contributed by atoms with van der Waals surface area (Å²) >= 11 is 0. The third-order valence-corrected chi connectivity index (χ3v) is 0. The summed E-state index contributed by atoms with van der Waals surface area (Å²) in [6.07, 6.45) is 0. The Morgan fingerprint density at radius 2 is 1.00 bits per heavy atom. The van der Waals surface area contributed by atoms with E-state index in [-0.39, 0.29) is 75.4 Å². The van der Waals surface area contributed by atoms with Gasteiger partial charge < -0.3 is 5.48 Å². The van der Waals surface area contributed by atoms with Crippen LogP contribution in [-0.2, 0) is 44.1 Å². The van der Waals surface area contributed by atoms with Crippen LogP contribution in [0.3, 0.4) is 0 Å². The summed E-state index contributed by atoms with van der Waals surface area (Å²) in [6.45, 7) is 0. The van der Waals surface area contributed by atoms with Crippen LogP contribution in [0.2, 0.25) is 0 Å². The average molecular weight is 365 g/mol. The smallest absolute Gasteiger partial charge is 0 e. The van der Waals surface area contributed by atoms with Gasteiger partial charge >= 0.3 is 25.8 Å². The zero-order valence-electron chi connectivity index (χ0n) is 1.45. The molecule has 2 N–H and O–H groups in total. The Bertz CT molecular complexity index is 8.00. The molecule has 0 aliphatic heterocycles. The molecule has 0 heterocycles. The van der Waals surface area contributed by atoms with Crippen LogP contribution in [0.5, 0.6) is 0 Å². The molecule has 0 aromatic heterocycles. The predicted molar refractivity (Wildman–Crippen MR) is 13.6 cm³/mol. The molecule has 23 valence electrons. The molecular formula is H5InOTaTi. The third-order valence-electron chi connectivity index (χ3n) is 0. The van der Waals surface area contributed by atoms with Gasteiger partial charge in [-0.2, -0.15) is 0 Å². The van der Waals surface area contributed by atoms with Crippen molar-refractivity contribution in [2.75, 3.05) is 0 Å². The van der Waals surface area contributed by atoms with Crippen LogP contribution in [0.15, 0.2) is 0 Å². The molecule has 0 rings (SSSR count). The second-order valence-corrected chi connectivity index (χ2v) is 0. The van der Waals surface area contributed by atoms with Gasteiger partial charge in [-0.1, -0.05) is 0 Å².